The Balaban J connectivity index is 2.18. The number of hydrogen-bond acceptors (Lipinski definition) is 3. The number of benzene rings is 1. The molecule has 1 aromatic rings. The van der Waals surface area contributed by atoms with Crippen molar-refractivity contribution < 1.29 is 14.3 Å². The predicted molar refractivity (Wildman–Crippen MR) is 76.5 cm³/mol. The van der Waals surface area contributed by atoms with E-state index in [2.05, 4.69) is 5.32 Å². The third-order valence-corrected chi connectivity index (χ3v) is 3.65. The monoisotopic (exact) mass is 280 g/mol. The average molecular weight is 280 g/mol. The average Bonchev–Trinajstić information content (AvgIpc) is 3.20. The maximum Gasteiger partial charge on any atom is 0.325 e. The van der Waals surface area contributed by atoms with E-state index in [-0.39, 0.29) is 18.4 Å². The van der Waals surface area contributed by atoms with Crippen LogP contribution in [0, 0.1) is 5.82 Å². The minimum atomic E-state index is -1.07. The van der Waals surface area contributed by atoms with Crippen LogP contribution in [0.5, 0.6) is 0 Å². The van der Waals surface area contributed by atoms with Gasteiger partial charge in [-0.2, -0.15) is 0 Å². The molecule has 1 atom stereocenters. The van der Waals surface area contributed by atoms with E-state index < -0.39 is 11.5 Å². The first kappa shape index (κ1) is 14.8. The van der Waals surface area contributed by atoms with Crippen LogP contribution in [-0.2, 0) is 4.79 Å². The van der Waals surface area contributed by atoms with Gasteiger partial charge in [-0.3, -0.25) is 10.1 Å². The lowest BCUT2D eigenvalue weighted by Crippen LogP contribution is -2.58. The second kappa shape index (κ2) is 5.79. The molecule has 1 aliphatic rings. The first-order chi connectivity index (χ1) is 9.46. The lowest BCUT2D eigenvalue weighted by Gasteiger charge is -2.34. The quantitative estimate of drug-likeness (QED) is 0.804. The minimum Gasteiger partial charge on any atom is -0.480 e. The Morgan fingerprint density at radius 3 is 2.65 bits per heavy atom. The SMILES string of the molecule is CCN(CC(C)(NC1CC1)C(=O)O)c1ccccc1F. The number of hydrogen-bond donors (Lipinski definition) is 2. The van der Waals surface area contributed by atoms with Crippen molar-refractivity contribution >= 4 is 11.7 Å². The van der Waals surface area contributed by atoms with Gasteiger partial charge in [0.25, 0.3) is 0 Å². The van der Waals surface area contributed by atoms with Crippen molar-refractivity contribution in [3.63, 3.8) is 0 Å². The zero-order valence-electron chi connectivity index (χ0n) is 11.9. The number of carboxylic acids is 1. The first-order valence-electron chi connectivity index (χ1n) is 6.97. The smallest absolute Gasteiger partial charge is 0.325 e. The van der Waals surface area contributed by atoms with Crippen LogP contribution in [0.15, 0.2) is 24.3 Å². The molecule has 0 spiro atoms. The number of nitrogens with one attached hydrogen (secondary N) is 1. The normalized spacial score (nSPS) is 17.6. The molecule has 2 N–H and O–H groups in total. The summed E-state index contributed by atoms with van der Waals surface area (Å²) in [6.45, 7) is 4.34. The number of para-hydroxylation sites is 1. The summed E-state index contributed by atoms with van der Waals surface area (Å²) in [5, 5.41) is 12.6. The highest BCUT2D eigenvalue weighted by Crippen LogP contribution is 2.25. The molecule has 2 rings (SSSR count). The van der Waals surface area contributed by atoms with Crippen molar-refractivity contribution in [1.29, 1.82) is 0 Å². The number of halogens is 1. The van der Waals surface area contributed by atoms with Crippen LogP contribution in [-0.4, -0.2) is 35.7 Å². The molecule has 0 aromatic heterocycles. The van der Waals surface area contributed by atoms with E-state index in [0.29, 0.717) is 12.2 Å². The van der Waals surface area contributed by atoms with Crippen LogP contribution in [0.25, 0.3) is 0 Å². The summed E-state index contributed by atoms with van der Waals surface area (Å²) in [4.78, 5) is 13.3. The largest absolute Gasteiger partial charge is 0.480 e. The van der Waals surface area contributed by atoms with Gasteiger partial charge in [0.15, 0.2) is 0 Å². The fourth-order valence-electron chi connectivity index (χ4n) is 2.31. The number of anilines is 1. The molecule has 110 valence electrons. The highest BCUT2D eigenvalue weighted by Gasteiger charge is 2.40. The molecule has 0 bridgehead atoms. The van der Waals surface area contributed by atoms with Crippen LogP contribution < -0.4 is 10.2 Å². The number of nitrogens with zero attached hydrogens (tertiary/aromatic N) is 1. The molecular weight excluding hydrogens is 259 g/mol. The van der Waals surface area contributed by atoms with Gasteiger partial charge >= 0.3 is 5.97 Å². The molecule has 1 aliphatic carbocycles. The van der Waals surface area contributed by atoms with Crippen LogP contribution in [0.1, 0.15) is 26.7 Å². The van der Waals surface area contributed by atoms with E-state index in [1.165, 1.54) is 6.07 Å². The Labute approximate surface area is 118 Å². The Morgan fingerprint density at radius 2 is 2.15 bits per heavy atom. The summed E-state index contributed by atoms with van der Waals surface area (Å²) in [5.74, 6) is -1.23. The van der Waals surface area contributed by atoms with Gasteiger partial charge in [-0.25, -0.2) is 4.39 Å². The number of likely N-dealkylation sites (N-methyl/N-ethyl adjacent to an activating group) is 1. The van der Waals surface area contributed by atoms with Gasteiger partial charge in [0.05, 0.1) is 5.69 Å². The Kier molecular flexibility index (Phi) is 4.28. The third kappa shape index (κ3) is 3.28. The van der Waals surface area contributed by atoms with E-state index in [0.717, 1.165) is 12.8 Å². The van der Waals surface area contributed by atoms with E-state index in [9.17, 15) is 14.3 Å². The second-order valence-corrected chi connectivity index (χ2v) is 5.52. The van der Waals surface area contributed by atoms with Crippen molar-refractivity contribution in [2.75, 3.05) is 18.0 Å². The lowest BCUT2D eigenvalue weighted by atomic mass is 10.0. The van der Waals surface area contributed by atoms with Crippen LogP contribution in [0.4, 0.5) is 10.1 Å². The van der Waals surface area contributed by atoms with Crippen molar-refractivity contribution in [2.45, 2.75) is 38.3 Å². The van der Waals surface area contributed by atoms with E-state index in [1.54, 1.807) is 30.0 Å². The van der Waals surface area contributed by atoms with Gasteiger partial charge in [-0.05, 0) is 38.8 Å². The molecule has 0 radical (unpaired) electrons. The summed E-state index contributed by atoms with van der Waals surface area (Å²) < 4.78 is 13.9. The van der Waals surface area contributed by atoms with Crippen LogP contribution in [0.3, 0.4) is 0 Å². The van der Waals surface area contributed by atoms with E-state index in [1.807, 2.05) is 6.92 Å². The number of carboxylic acid groups (broad SMARTS) is 1. The highest BCUT2D eigenvalue weighted by molar-refractivity contribution is 5.79. The molecule has 0 saturated heterocycles. The molecule has 1 aromatic carbocycles. The Bertz CT molecular complexity index is 491. The zero-order valence-corrected chi connectivity index (χ0v) is 11.9. The van der Waals surface area contributed by atoms with Gasteiger partial charge in [-0.15, -0.1) is 0 Å². The van der Waals surface area contributed by atoms with Crippen molar-refractivity contribution in [3.8, 4) is 0 Å². The maximum absolute atomic E-state index is 13.9. The van der Waals surface area contributed by atoms with Crippen LogP contribution >= 0.6 is 0 Å². The van der Waals surface area contributed by atoms with Gasteiger partial charge in [0.1, 0.15) is 11.4 Å². The molecule has 5 heteroatoms. The maximum atomic E-state index is 13.9. The molecule has 1 unspecified atom stereocenters. The number of rotatable bonds is 7. The first-order valence-corrected chi connectivity index (χ1v) is 6.97. The molecular formula is C15H21FN2O2. The molecule has 20 heavy (non-hydrogen) atoms. The second-order valence-electron chi connectivity index (χ2n) is 5.52. The van der Waals surface area contributed by atoms with Crippen molar-refractivity contribution in [3.05, 3.63) is 30.1 Å². The summed E-state index contributed by atoms with van der Waals surface area (Å²) in [5.41, 5.74) is -0.625. The molecule has 4 nitrogen and oxygen atoms in total. The molecule has 1 saturated carbocycles. The Hall–Kier alpha value is -1.62. The third-order valence-electron chi connectivity index (χ3n) is 3.65. The minimum absolute atomic E-state index is 0.232. The van der Waals surface area contributed by atoms with E-state index in [4.69, 9.17) is 0 Å². The standard InChI is InChI=1S/C15H21FN2O2/c1-3-18(13-7-5-4-6-12(13)16)10-15(2,14(19)20)17-11-8-9-11/h4-7,11,17H,3,8-10H2,1-2H3,(H,19,20). The summed E-state index contributed by atoms with van der Waals surface area (Å²) in [7, 11) is 0. The molecule has 0 aliphatic heterocycles. The lowest BCUT2D eigenvalue weighted by molar-refractivity contribution is -0.143. The molecule has 0 heterocycles. The molecule has 1 fully saturated rings. The van der Waals surface area contributed by atoms with Gasteiger partial charge < -0.3 is 10.0 Å². The highest BCUT2D eigenvalue weighted by atomic mass is 19.1. The van der Waals surface area contributed by atoms with Gasteiger partial charge in [0, 0.05) is 19.1 Å². The fourth-order valence-corrected chi connectivity index (χ4v) is 2.31. The van der Waals surface area contributed by atoms with Crippen molar-refractivity contribution in [2.24, 2.45) is 0 Å². The molecule has 0 amide bonds. The van der Waals surface area contributed by atoms with Crippen LogP contribution in [0.2, 0.25) is 0 Å². The van der Waals surface area contributed by atoms with Gasteiger partial charge in [-0.1, -0.05) is 12.1 Å². The Morgan fingerprint density at radius 1 is 1.50 bits per heavy atom. The summed E-state index contributed by atoms with van der Waals surface area (Å²) in [6.07, 6.45) is 2.02. The predicted octanol–water partition coefficient (Wildman–Crippen LogP) is 2.25. The van der Waals surface area contributed by atoms with Gasteiger partial charge in [0.2, 0.25) is 0 Å². The number of carbonyl (C=O) groups is 1. The number of aliphatic carboxylic acids is 1. The van der Waals surface area contributed by atoms with Crippen molar-refractivity contribution in [1.82, 2.24) is 5.32 Å². The zero-order chi connectivity index (χ0) is 14.8. The topological polar surface area (TPSA) is 52.6 Å². The van der Waals surface area contributed by atoms with E-state index >= 15 is 0 Å². The fraction of sp³-hybridized carbons (Fsp3) is 0.533. The summed E-state index contributed by atoms with van der Waals surface area (Å²) in [6, 6.07) is 6.73. The summed E-state index contributed by atoms with van der Waals surface area (Å²) >= 11 is 0.